The summed E-state index contributed by atoms with van der Waals surface area (Å²) in [6.07, 6.45) is 6.92. The van der Waals surface area contributed by atoms with Crippen LogP contribution in [-0.4, -0.2) is 23.8 Å². The first-order chi connectivity index (χ1) is 12.8. The van der Waals surface area contributed by atoms with Crippen molar-refractivity contribution in [3.8, 4) is 11.1 Å². The van der Waals surface area contributed by atoms with Crippen molar-refractivity contribution in [3.63, 3.8) is 0 Å². The quantitative estimate of drug-likeness (QED) is 0.642. The fourth-order valence-electron chi connectivity index (χ4n) is 4.03. The third kappa shape index (κ3) is 4.05. The molecule has 0 unspecified atom stereocenters. The number of hydrogen-bond donors (Lipinski definition) is 0. The minimum absolute atomic E-state index is 0.361. The second kappa shape index (κ2) is 7.88. The lowest BCUT2D eigenvalue weighted by Gasteiger charge is -2.31. The molecule has 1 aliphatic carbocycles. The molecule has 0 amide bonds. The molecule has 3 nitrogen and oxygen atoms in total. The van der Waals surface area contributed by atoms with Crippen molar-refractivity contribution in [1.82, 2.24) is 4.90 Å². The van der Waals surface area contributed by atoms with Gasteiger partial charge in [0.1, 0.15) is 5.78 Å². The van der Waals surface area contributed by atoms with Gasteiger partial charge in [0.15, 0.2) is 0 Å². The number of fused-ring (bicyclic) bond motifs is 1. The fraction of sp³-hybridized carbons (Fsp3) is 0.348. The number of benzene rings is 1. The highest BCUT2D eigenvalue weighted by molar-refractivity contribution is 5.84. The fourth-order valence-corrected chi connectivity index (χ4v) is 4.03. The molecule has 0 atom stereocenters. The number of carbonyl (C=O) groups is 1. The molecule has 2 heterocycles. The van der Waals surface area contributed by atoms with E-state index in [0.717, 1.165) is 49.2 Å². The zero-order chi connectivity index (χ0) is 17.8. The molecule has 0 N–H and O–H groups in total. The van der Waals surface area contributed by atoms with Crippen LogP contribution in [0.5, 0.6) is 0 Å². The first-order valence-electron chi connectivity index (χ1n) is 9.50. The molecule has 3 heteroatoms. The van der Waals surface area contributed by atoms with E-state index in [4.69, 9.17) is 4.42 Å². The van der Waals surface area contributed by atoms with Crippen LogP contribution in [0.3, 0.4) is 0 Å². The Bertz CT molecular complexity index is 815. The van der Waals surface area contributed by atoms with Crippen molar-refractivity contribution in [2.75, 3.05) is 13.1 Å². The zero-order valence-electron chi connectivity index (χ0n) is 15.1. The number of likely N-dealkylation sites (tertiary alicyclic amines) is 1. The van der Waals surface area contributed by atoms with E-state index in [2.05, 4.69) is 41.3 Å². The number of hydrogen-bond acceptors (Lipinski definition) is 3. The maximum absolute atomic E-state index is 12.6. The van der Waals surface area contributed by atoms with Gasteiger partial charge >= 0.3 is 0 Å². The lowest BCUT2D eigenvalue weighted by atomic mass is 9.89. The highest BCUT2D eigenvalue weighted by Gasteiger charge is 2.22. The van der Waals surface area contributed by atoms with E-state index < -0.39 is 0 Å². The van der Waals surface area contributed by atoms with Gasteiger partial charge in [0, 0.05) is 24.9 Å². The Balaban J connectivity index is 1.26. The number of Topliss-reactive ketones (excluding diaryl/α,β-unsaturated/α-hetero) is 1. The van der Waals surface area contributed by atoms with Crippen LogP contribution >= 0.6 is 0 Å². The molecular formula is C23H25NO2. The van der Waals surface area contributed by atoms with Crippen molar-refractivity contribution >= 4 is 5.78 Å². The molecule has 1 fully saturated rings. The minimum Gasteiger partial charge on any atom is -0.472 e. The highest BCUT2D eigenvalue weighted by Crippen LogP contribution is 2.29. The molecule has 0 aromatic heterocycles. The van der Waals surface area contributed by atoms with Gasteiger partial charge in [-0.3, -0.25) is 9.69 Å². The highest BCUT2D eigenvalue weighted by atomic mass is 16.3. The van der Waals surface area contributed by atoms with E-state index in [1.165, 1.54) is 5.56 Å². The Morgan fingerprint density at radius 3 is 2.65 bits per heavy atom. The third-order valence-corrected chi connectivity index (χ3v) is 5.49. The maximum Gasteiger partial charge on any atom is 0.137 e. The van der Waals surface area contributed by atoms with Crippen molar-refractivity contribution in [1.29, 1.82) is 0 Å². The molecule has 2 aliphatic heterocycles. The summed E-state index contributed by atoms with van der Waals surface area (Å²) >= 11 is 0. The second-order valence-corrected chi connectivity index (χ2v) is 7.41. The van der Waals surface area contributed by atoms with E-state index >= 15 is 0 Å². The van der Waals surface area contributed by atoms with Gasteiger partial charge in [-0.2, -0.15) is 0 Å². The lowest BCUT2D eigenvalue weighted by Crippen LogP contribution is -2.34. The van der Waals surface area contributed by atoms with E-state index in [0.29, 0.717) is 24.5 Å². The van der Waals surface area contributed by atoms with Crippen LogP contribution in [0.2, 0.25) is 0 Å². The van der Waals surface area contributed by atoms with Crippen molar-refractivity contribution in [2.45, 2.75) is 32.2 Å². The number of piperidine rings is 1. The van der Waals surface area contributed by atoms with Gasteiger partial charge in [-0.05, 0) is 54.6 Å². The summed E-state index contributed by atoms with van der Waals surface area (Å²) < 4.78 is 5.19. The van der Waals surface area contributed by atoms with Crippen LogP contribution in [0.15, 0.2) is 65.5 Å². The van der Waals surface area contributed by atoms with E-state index in [-0.39, 0.29) is 0 Å². The molecule has 4 rings (SSSR count). The standard InChI is InChI=1S/C23H25NO2/c25-22(15-20-6-7-21-17-26-13-10-23(20)21)14-18-8-11-24(12-9-18)16-19-4-2-1-3-5-19/h1-7,10,13,17-18H,8-9,11-12,14-16H2. The molecule has 1 saturated heterocycles. The first-order valence-corrected chi connectivity index (χ1v) is 9.50. The molecule has 0 bridgehead atoms. The molecule has 1 aromatic carbocycles. The molecule has 0 saturated carbocycles. The largest absolute Gasteiger partial charge is 0.472 e. The Labute approximate surface area is 155 Å². The van der Waals surface area contributed by atoms with Crippen molar-refractivity contribution in [2.24, 2.45) is 5.92 Å². The van der Waals surface area contributed by atoms with Crippen molar-refractivity contribution < 1.29 is 9.21 Å². The topological polar surface area (TPSA) is 33.5 Å². The summed E-state index contributed by atoms with van der Waals surface area (Å²) in [5.74, 6) is 0.894. The first kappa shape index (κ1) is 17.0. The smallest absolute Gasteiger partial charge is 0.137 e. The second-order valence-electron chi connectivity index (χ2n) is 7.41. The van der Waals surface area contributed by atoms with Gasteiger partial charge in [-0.15, -0.1) is 0 Å². The average molecular weight is 347 g/mol. The number of rotatable bonds is 6. The average Bonchev–Trinajstić information content (AvgIpc) is 3.07. The maximum atomic E-state index is 12.6. The van der Waals surface area contributed by atoms with E-state index in [1.54, 1.807) is 12.5 Å². The van der Waals surface area contributed by atoms with Crippen LogP contribution in [0.4, 0.5) is 0 Å². The minimum atomic E-state index is 0.361. The summed E-state index contributed by atoms with van der Waals surface area (Å²) in [6, 6.07) is 16.7. The van der Waals surface area contributed by atoms with Crippen molar-refractivity contribution in [3.05, 3.63) is 72.2 Å². The Kier molecular flexibility index (Phi) is 5.16. The molecule has 1 aromatic rings. The molecular weight excluding hydrogens is 322 g/mol. The SMILES string of the molecule is O=C(Cc1ccc2coccc1-2)CC1CCN(Cc2ccccc2)CC1. The van der Waals surface area contributed by atoms with Crippen LogP contribution in [-0.2, 0) is 17.8 Å². The van der Waals surface area contributed by atoms with Crippen LogP contribution < -0.4 is 0 Å². The molecule has 0 radical (unpaired) electrons. The van der Waals surface area contributed by atoms with Gasteiger partial charge in [0.05, 0.1) is 12.5 Å². The van der Waals surface area contributed by atoms with Crippen LogP contribution in [0.1, 0.15) is 30.4 Å². The number of carbonyl (C=O) groups excluding carboxylic acids is 1. The number of nitrogens with zero attached hydrogens (tertiary/aromatic N) is 1. The Hall–Kier alpha value is -2.39. The summed E-state index contributed by atoms with van der Waals surface area (Å²) in [4.78, 5) is 15.1. The Morgan fingerprint density at radius 1 is 1.04 bits per heavy atom. The summed E-state index contributed by atoms with van der Waals surface area (Å²) in [5.41, 5.74) is 4.71. The zero-order valence-corrected chi connectivity index (χ0v) is 15.1. The van der Waals surface area contributed by atoms with Crippen LogP contribution in [0.25, 0.3) is 11.1 Å². The van der Waals surface area contributed by atoms with Gasteiger partial charge in [0.2, 0.25) is 0 Å². The third-order valence-electron chi connectivity index (χ3n) is 5.49. The molecule has 26 heavy (non-hydrogen) atoms. The number of ketones is 1. The van der Waals surface area contributed by atoms with E-state index in [9.17, 15) is 4.79 Å². The van der Waals surface area contributed by atoms with Gasteiger partial charge in [-0.25, -0.2) is 0 Å². The van der Waals surface area contributed by atoms with E-state index in [1.807, 2.05) is 12.1 Å². The monoisotopic (exact) mass is 347 g/mol. The lowest BCUT2D eigenvalue weighted by molar-refractivity contribution is -0.119. The van der Waals surface area contributed by atoms with Gasteiger partial charge in [-0.1, -0.05) is 42.5 Å². The predicted molar refractivity (Wildman–Crippen MR) is 103 cm³/mol. The molecule has 3 aliphatic rings. The predicted octanol–water partition coefficient (Wildman–Crippen LogP) is 4.80. The Morgan fingerprint density at radius 2 is 1.85 bits per heavy atom. The summed E-state index contributed by atoms with van der Waals surface area (Å²) in [6.45, 7) is 3.20. The normalized spacial score (nSPS) is 16.2. The molecule has 134 valence electrons. The molecule has 0 spiro atoms. The van der Waals surface area contributed by atoms with Gasteiger partial charge < -0.3 is 4.42 Å². The summed E-state index contributed by atoms with van der Waals surface area (Å²) in [7, 11) is 0. The summed E-state index contributed by atoms with van der Waals surface area (Å²) in [5, 5.41) is 0. The van der Waals surface area contributed by atoms with Crippen LogP contribution in [0, 0.1) is 5.92 Å². The van der Waals surface area contributed by atoms with Gasteiger partial charge in [0.25, 0.3) is 0 Å².